The standard InChI is InChI=1S/C23H19ClN4O2/c24-19-10-8-17(9-11-19)22(16-5-2-1-3-6-16)26-20(29)12-13-21-27-23(28-30-21)18-7-4-14-25-15-18/h1-11,14-15,22H,12-13H2,(H,26,29). The number of hydrogen-bond acceptors (Lipinski definition) is 5. The van der Waals surface area contributed by atoms with Crippen LogP contribution in [-0.4, -0.2) is 21.0 Å². The third-order valence-electron chi connectivity index (χ3n) is 4.60. The molecule has 2 heterocycles. The van der Waals surface area contributed by atoms with Gasteiger partial charge < -0.3 is 9.84 Å². The smallest absolute Gasteiger partial charge is 0.227 e. The topological polar surface area (TPSA) is 80.9 Å². The summed E-state index contributed by atoms with van der Waals surface area (Å²) in [6.07, 6.45) is 3.92. The van der Waals surface area contributed by atoms with Crippen LogP contribution >= 0.6 is 11.6 Å². The van der Waals surface area contributed by atoms with Gasteiger partial charge in [-0.05, 0) is 35.4 Å². The maximum absolute atomic E-state index is 12.7. The number of amides is 1. The summed E-state index contributed by atoms with van der Waals surface area (Å²) in [5, 5.41) is 7.70. The Labute approximate surface area is 178 Å². The fourth-order valence-electron chi connectivity index (χ4n) is 3.08. The zero-order valence-electron chi connectivity index (χ0n) is 16.0. The van der Waals surface area contributed by atoms with Crippen molar-refractivity contribution in [1.29, 1.82) is 0 Å². The molecule has 0 saturated carbocycles. The summed E-state index contributed by atoms with van der Waals surface area (Å²) in [5.41, 5.74) is 2.71. The lowest BCUT2D eigenvalue weighted by molar-refractivity contribution is -0.121. The number of aryl methyl sites for hydroxylation is 1. The summed E-state index contributed by atoms with van der Waals surface area (Å²) in [6.45, 7) is 0. The second-order valence-electron chi connectivity index (χ2n) is 6.72. The van der Waals surface area contributed by atoms with Crippen LogP contribution in [-0.2, 0) is 11.2 Å². The summed E-state index contributed by atoms with van der Waals surface area (Å²) in [5.74, 6) is 0.758. The van der Waals surface area contributed by atoms with E-state index in [1.54, 1.807) is 18.5 Å². The van der Waals surface area contributed by atoms with Gasteiger partial charge in [0.1, 0.15) is 0 Å². The molecule has 0 fully saturated rings. The highest BCUT2D eigenvalue weighted by atomic mass is 35.5. The molecule has 1 unspecified atom stereocenters. The first-order valence-corrected chi connectivity index (χ1v) is 9.89. The number of aromatic nitrogens is 3. The number of nitrogens with one attached hydrogen (secondary N) is 1. The molecule has 0 saturated heterocycles. The quantitative estimate of drug-likeness (QED) is 0.473. The molecule has 7 heteroatoms. The monoisotopic (exact) mass is 418 g/mol. The highest BCUT2D eigenvalue weighted by Crippen LogP contribution is 2.24. The van der Waals surface area contributed by atoms with E-state index < -0.39 is 0 Å². The van der Waals surface area contributed by atoms with Crippen LogP contribution in [0.25, 0.3) is 11.4 Å². The fraction of sp³-hybridized carbons (Fsp3) is 0.130. The largest absolute Gasteiger partial charge is 0.345 e. The first-order valence-electron chi connectivity index (χ1n) is 9.52. The van der Waals surface area contributed by atoms with Gasteiger partial charge in [0.05, 0.1) is 6.04 Å². The van der Waals surface area contributed by atoms with Crippen molar-refractivity contribution in [1.82, 2.24) is 20.4 Å². The van der Waals surface area contributed by atoms with E-state index >= 15 is 0 Å². The molecule has 1 N–H and O–H groups in total. The van der Waals surface area contributed by atoms with Crippen LogP contribution in [0, 0.1) is 0 Å². The van der Waals surface area contributed by atoms with Gasteiger partial charge in [-0.15, -0.1) is 0 Å². The second kappa shape index (κ2) is 9.33. The molecule has 1 atom stereocenters. The summed E-state index contributed by atoms with van der Waals surface area (Å²) >= 11 is 6.02. The van der Waals surface area contributed by atoms with Gasteiger partial charge in [0.25, 0.3) is 0 Å². The molecule has 4 aromatic rings. The first-order chi connectivity index (χ1) is 14.7. The molecular weight excluding hydrogens is 400 g/mol. The summed E-state index contributed by atoms with van der Waals surface area (Å²) in [7, 11) is 0. The lowest BCUT2D eigenvalue weighted by Gasteiger charge is -2.20. The van der Waals surface area contributed by atoms with E-state index in [1.807, 2.05) is 60.7 Å². The van der Waals surface area contributed by atoms with E-state index in [2.05, 4.69) is 20.4 Å². The van der Waals surface area contributed by atoms with Crippen LogP contribution in [0.2, 0.25) is 5.02 Å². The molecular formula is C23H19ClN4O2. The Morgan fingerprint density at radius 2 is 1.77 bits per heavy atom. The number of rotatable bonds is 7. The second-order valence-corrected chi connectivity index (χ2v) is 7.15. The lowest BCUT2D eigenvalue weighted by atomic mass is 9.98. The van der Waals surface area contributed by atoms with Gasteiger partial charge in [-0.25, -0.2) is 0 Å². The number of carbonyl (C=O) groups excluding carboxylic acids is 1. The number of nitrogens with zero attached hydrogens (tertiary/aromatic N) is 3. The average Bonchev–Trinajstić information content (AvgIpc) is 3.27. The Hall–Kier alpha value is -3.51. The highest BCUT2D eigenvalue weighted by molar-refractivity contribution is 6.30. The Bertz CT molecular complexity index is 1100. The molecule has 0 spiro atoms. The van der Waals surface area contributed by atoms with E-state index in [1.165, 1.54) is 0 Å². The Kier molecular flexibility index (Phi) is 6.15. The Morgan fingerprint density at radius 3 is 2.50 bits per heavy atom. The fourth-order valence-corrected chi connectivity index (χ4v) is 3.21. The highest BCUT2D eigenvalue weighted by Gasteiger charge is 2.18. The van der Waals surface area contributed by atoms with E-state index in [4.69, 9.17) is 16.1 Å². The van der Waals surface area contributed by atoms with Crippen molar-refractivity contribution in [2.75, 3.05) is 0 Å². The van der Waals surface area contributed by atoms with Crippen molar-refractivity contribution < 1.29 is 9.32 Å². The molecule has 0 aliphatic heterocycles. The van der Waals surface area contributed by atoms with Crippen LogP contribution in [0.3, 0.4) is 0 Å². The normalized spacial score (nSPS) is 11.8. The van der Waals surface area contributed by atoms with Gasteiger partial charge in [-0.3, -0.25) is 9.78 Å². The van der Waals surface area contributed by atoms with E-state index in [0.717, 1.165) is 16.7 Å². The van der Waals surface area contributed by atoms with Crippen LogP contribution in [0.15, 0.2) is 83.6 Å². The number of carbonyl (C=O) groups is 1. The lowest BCUT2D eigenvalue weighted by Crippen LogP contribution is -2.29. The number of hydrogen-bond donors (Lipinski definition) is 1. The minimum atomic E-state index is -0.274. The number of pyridine rings is 1. The van der Waals surface area contributed by atoms with Gasteiger partial charge in [0, 0.05) is 35.8 Å². The first kappa shape index (κ1) is 19.8. The van der Waals surface area contributed by atoms with Crippen molar-refractivity contribution in [2.24, 2.45) is 0 Å². The van der Waals surface area contributed by atoms with Crippen molar-refractivity contribution in [2.45, 2.75) is 18.9 Å². The Balaban J connectivity index is 1.43. The van der Waals surface area contributed by atoms with Crippen molar-refractivity contribution in [3.63, 3.8) is 0 Å². The SMILES string of the molecule is O=C(CCc1nc(-c2cccnc2)no1)NC(c1ccccc1)c1ccc(Cl)cc1. The molecule has 2 aromatic carbocycles. The van der Waals surface area contributed by atoms with Crippen LogP contribution < -0.4 is 5.32 Å². The number of halogens is 1. The van der Waals surface area contributed by atoms with Gasteiger partial charge in [-0.2, -0.15) is 4.98 Å². The van der Waals surface area contributed by atoms with Crippen molar-refractivity contribution >= 4 is 17.5 Å². The maximum Gasteiger partial charge on any atom is 0.227 e. The maximum atomic E-state index is 12.7. The molecule has 30 heavy (non-hydrogen) atoms. The zero-order chi connectivity index (χ0) is 20.8. The molecule has 6 nitrogen and oxygen atoms in total. The van der Waals surface area contributed by atoms with Crippen LogP contribution in [0.4, 0.5) is 0 Å². The van der Waals surface area contributed by atoms with Crippen molar-refractivity contribution in [3.8, 4) is 11.4 Å². The third-order valence-corrected chi connectivity index (χ3v) is 4.85. The van der Waals surface area contributed by atoms with Gasteiger partial charge in [0.15, 0.2) is 0 Å². The molecule has 0 bridgehead atoms. The number of benzene rings is 2. The predicted molar refractivity (Wildman–Crippen MR) is 114 cm³/mol. The van der Waals surface area contributed by atoms with E-state index in [9.17, 15) is 4.79 Å². The molecule has 4 rings (SSSR count). The third kappa shape index (κ3) is 4.90. The molecule has 2 aromatic heterocycles. The zero-order valence-corrected chi connectivity index (χ0v) is 16.8. The molecule has 1 amide bonds. The minimum absolute atomic E-state index is 0.111. The average molecular weight is 419 g/mol. The predicted octanol–water partition coefficient (Wildman–Crippen LogP) is 4.62. The van der Waals surface area contributed by atoms with E-state index in [-0.39, 0.29) is 18.4 Å². The van der Waals surface area contributed by atoms with Crippen molar-refractivity contribution in [3.05, 3.63) is 101 Å². The van der Waals surface area contributed by atoms with Crippen LogP contribution in [0.5, 0.6) is 0 Å². The summed E-state index contributed by atoms with van der Waals surface area (Å²) < 4.78 is 5.27. The summed E-state index contributed by atoms with van der Waals surface area (Å²) in [4.78, 5) is 21.1. The molecule has 150 valence electrons. The van der Waals surface area contributed by atoms with E-state index in [0.29, 0.717) is 23.2 Å². The Morgan fingerprint density at radius 1 is 1.00 bits per heavy atom. The summed E-state index contributed by atoms with van der Waals surface area (Å²) in [6, 6.07) is 20.7. The van der Waals surface area contributed by atoms with Gasteiger partial charge in [-0.1, -0.05) is 59.2 Å². The molecule has 0 aliphatic carbocycles. The van der Waals surface area contributed by atoms with Gasteiger partial charge >= 0.3 is 0 Å². The van der Waals surface area contributed by atoms with Gasteiger partial charge in [0.2, 0.25) is 17.6 Å². The minimum Gasteiger partial charge on any atom is -0.345 e. The molecule has 0 aliphatic rings. The van der Waals surface area contributed by atoms with Crippen LogP contribution in [0.1, 0.15) is 29.5 Å². The molecule has 0 radical (unpaired) electrons.